The Morgan fingerprint density at radius 1 is 1.24 bits per heavy atom. The van der Waals surface area contributed by atoms with Gasteiger partial charge in [-0.3, -0.25) is 9.59 Å². The van der Waals surface area contributed by atoms with Crippen LogP contribution in [0.15, 0.2) is 12.1 Å². The first kappa shape index (κ1) is 16.0. The van der Waals surface area contributed by atoms with Crippen LogP contribution in [0.1, 0.15) is 34.3 Å². The molecule has 0 saturated carbocycles. The Morgan fingerprint density at radius 3 is 2.38 bits per heavy atom. The van der Waals surface area contributed by atoms with Crippen LogP contribution in [0, 0.1) is 6.92 Å². The SMILES string of the molecule is CCCC(N)C(=O)N1CCN(C(=O)c2ccc(C)s2)CC1. The number of rotatable bonds is 4. The largest absolute Gasteiger partial charge is 0.338 e. The highest BCUT2D eigenvalue weighted by molar-refractivity contribution is 7.13. The molecule has 2 N–H and O–H groups in total. The lowest BCUT2D eigenvalue weighted by Crippen LogP contribution is -2.54. The summed E-state index contributed by atoms with van der Waals surface area (Å²) >= 11 is 1.52. The lowest BCUT2D eigenvalue weighted by Gasteiger charge is -2.35. The minimum absolute atomic E-state index is 0.0101. The van der Waals surface area contributed by atoms with E-state index in [9.17, 15) is 9.59 Å². The first-order chi connectivity index (χ1) is 10.0. The number of thiophene rings is 1. The Balaban J connectivity index is 1.88. The van der Waals surface area contributed by atoms with Gasteiger partial charge in [0.05, 0.1) is 10.9 Å². The van der Waals surface area contributed by atoms with Crippen LogP contribution in [0.25, 0.3) is 0 Å². The zero-order chi connectivity index (χ0) is 15.4. The summed E-state index contributed by atoms with van der Waals surface area (Å²) in [5, 5.41) is 0. The van der Waals surface area contributed by atoms with Gasteiger partial charge in [0.25, 0.3) is 5.91 Å². The van der Waals surface area contributed by atoms with Gasteiger partial charge in [0.1, 0.15) is 0 Å². The van der Waals surface area contributed by atoms with Crippen LogP contribution in [0.2, 0.25) is 0 Å². The van der Waals surface area contributed by atoms with Crippen LogP contribution >= 0.6 is 11.3 Å². The van der Waals surface area contributed by atoms with Gasteiger partial charge in [-0.25, -0.2) is 0 Å². The van der Waals surface area contributed by atoms with E-state index in [2.05, 4.69) is 0 Å². The van der Waals surface area contributed by atoms with E-state index < -0.39 is 6.04 Å². The third-order valence-corrected chi connectivity index (χ3v) is 4.74. The van der Waals surface area contributed by atoms with Crippen molar-refractivity contribution in [2.75, 3.05) is 26.2 Å². The van der Waals surface area contributed by atoms with E-state index in [1.54, 1.807) is 4.90 Å². The van der Waals surface area contributed by atoms with Crippen molar-refractivity contribution in [1.29, 1.82) is 0 Å². The fourth-order valence-corrected chi connectivity index (χ4v) is 3.34. The Bertz CT molecular complexity index is 507. The molecule has 1 aromatic rings. The zero-order valence-electron chi connectivity index (χ0n) is 12.7. The van der Waals surface area contributed by atoms with Crippen molar-refractivity contribution in [3.8, 4) is 0 Å². The molecule has 1 saturated heterocycles. The number of amides is 2. The van der Waals surface area contributed by atoms with E-state index in [1.807, 2.05) is 30.9 Å². The van der Waals surface area contributed by atoms with Crippen molar-refractivity contribution in [3.63, 3.8) is 0 Å². The maximum absolute atomic E-state index is 12.3. The summed E-state index contributed by atoms with van der Waals surface area (Å²) in [6, 6.07) is 3.43. The van der Waals surface area contributed by atoms with Crippen LogP contribution in [0.5, 0.6) is 0 Å². The predicted molar refractivity (Wildman–Crippen MR) is 84.4 cm³/mol. The molecule has 0 aromatic carbocycles. The molecule has 0 aliphatic carbocycles. The van der Waals surface area contributed by atoms with E-state index in [0.717, 1.165) is 16.2 Å². The van der Waals surface area contributed by atoms with E-state index in [1.165, 1.54) is 11.3 Å². The maximum Gasteiger partial charge on any atom is 0.264 e. The van der Waals surface area contributed by atoms with Gasteiger partial charge in [-0.1, -0.05) is 13.3 Å². The van der Waals surface area contributed by atoms with Crippen molar-refractivity contribution in [2.45, 2.75) is 32.7 Å². The molecule has 1 atom stereocenters. The molecular formula is C15H23N3O2S. The summed E-state index contributed by atoms with van der Waals surface area (Å²) < 4.78 is 0. The van der Waals surface area contributed by atoms with Gasteiger partial charge < -0.3 is 15.5 Å². The molecule has 1 fully saturated rings. The molecule has 2 heterocycles. The predicted octanol–water partition coefficient (Wildman–Crippen LogP) is 1.47. The highest BCUT2D eigenvalue weighted by Gasteiger charge is 2.27. The molecule has 1 unspecified atom stereocenters. The molecule has 116 valence electrons. The van der Waals surface area contributed by atoms with Crippen molar-refractivity contribution >= 4 is 23.2 Å². The van der Waals surface area contributed by atoms with Gasteiger partial charge in [0.2, 0.25) is 5.91 Å². The summed E-state index contributed by atoms with van der Waals surface area (Å²) in [4.78, 5) is 30.0. The monoisotopic (exact) mass is 309 g/mol. The second-order valence-electron chi connectivity index (χ2n) is 5.42. The average Bonchev–Trinajstić information content (AvgIpc) is 2.92. The molecular weight excluding hydrogens is 286 g/mol. The van der Waals surface area contributed by atoms with Crippen molar-refractivity contribution in [1.82, 2.24) is 9.80 Å². The highest BCUT2D eigenvalue weighted by atomic mass is 32.1. The summed E-state index contributed by atoms with van der Waals surface area (Å²) in [7, 11) is 0. The molecule has 1 aliphatic heterocycles. The van der Waals surface area contributed by atoms with Crippen LogP contribution in [-0.4, -0.2) is 53.8 Å². The van der Waals surface area contributed by atoms with Gasteiger partial charge in [0, 0.05) is 31.1 Å². The van der Waals surface area contributed by atoms with Crippen LogP contribution in [0.3, 0.4) is 0 Å². The number of nitrogens with two attached hydrogens (primary N) is 1. The first-order valence-corrected chi connectivity index (χ1v) is 8.24. The van der Waals surface area contributed by atoms with E-state index in [-0.39, 0.29) is 11.8 Å². The summed E-state index contributed by atoms with van der Waals surface area (Å²) in [5.74, 6) is 0.0778. The minimum Gasteiger partial charge on any atom is -0.338 e. The van der Waals surface area contributed by atoms with Crippen LogP contribution < -0.4 is 5.73 Å². The Morgan fingerprint density at radius 2 is 1.86 bits per heavy atom. The Kier molecular flexibility index (Phi) is 5.36. The van der Waals surface area contributed by atoms with E-state index >= 15 is 0 Å². The molecule has 0 spiro atoms. The van der Waals surface area contributed by atoms with Gasteiger partial charge in [0.15, 0.2) is 0 Å². The molecule has 21 heavy (non-hydrogen) atoms. The number of aryl methyl sites for hydroxylation is 1. The molecule has 0 bridgehead atoms. The maximum atomic E-state index is 12.3. The molecule has 1 aromatic heterocycles. The molecule has 5 nitrogen and oxygen atoms in total. The average molecular weight is 309 g/mol. The van der Waals surface area contributed by atoms with E-state index in [0.29, 0.717) is 32.6 Å². The third-order valence-electron chi connectivity index (χ3n) is 3.75. The normalized spacial score (nSPS) is 16.9. The smallest absolute Gasteiger partial charge is 0.264 e. The molecule has 2 rings (SSSR count). The lowest BCUT2D eigenvalue weighted by atomic mass is 10.1. The third kappa shape index (κ3) is 3.83. The first-order valence-electron chi connectivity index (χ1n) is 7.43. The van der Waals surface area contributed by atoms with Gasteiger partial charge in [-0.05, 0) is 25.5 Å². The Labute approximate surface area is 129 Å². The summed E-state index contributed by atoms with van der Waals surface area (Å²) in [6.07, 6.45) is 1.62. The number of piperazine rings is 1. The standard InChI is InChI=1S/C15H23N3O2S/c1-3-4-12(16)14(19)17-7-9-18(10-8-17)15(20)13-6-5-11(2)21-13/h5-6,12H,3-4,7-10,16H2,1-2H3. The number of nitrogens with zero attached hydrogens (tertiary/aromatic N) is 2. The summed E-state index contributed by atoms with van der Waals surface area (Å²) in [5.41, 5.74) is 5.88. The molecule has 2 amide bonds. The second kappa shape index (κ2) is 7.04. The Hall–Kier alpha value is -1.40. The molecule has 6 heteroatoms. The van der Waals surface area contributed by atoms with Crippen LogP contribution in [0.4, 0.5) is 0 Å². The van der Waals surface area contributed by atoms with Crippen molar-refractivity contribution in [2.24, 2.45) is 5.73 Å². The van der Waals surface area contributed by atoms with Crippen LogP contribution in [-0.2, 0) is 4.79 Å². The van der Waals surface area contributed by atoms with E-state index in [4.69, 9.17) is 5.73 Å². The fourth-order valence-electron chi connectivity index (χ4n) is 2.50. The number of hydrogen-bond acceptors (Lipinski definition) is 4. The summed E-state index contributed by atoms with van der Waals surface area (Å²) in [6.45, 7) is 6.33. The molecule has 0 radical (unpaired) electrons. The second-order valence-corrected chi connectivity index (χ2v) is 6.71. The quantitative estimate of drug-likeness (QED) is 0.916. The van der Waals surface area contributed by atoms with Gasteiger partial charge >= 0.3 is 0 Å². The van der Waals surface area contributed by atoms with Crippen molar-refractivity contribution in [3.05, 3.63) is 21.9 Å². The molecule has 1 aliphatic rings. The number of carbonyl (C=O) groups is 2. The van der Waals surface area contributed by atoms with Gasteiger partial charge in [-0.15, -0.1) is 11.3 Å². The highest BCUT2D eigenvalue weighted by Crippen LogP contribution is 2.18. The van der Waals surface area contributed by atoms with Gasteiger partial charge in [-0.2, -0.15) is 0 Å². The zero-order valence-corrected chi connectivity index (χ0v) is 13.5. The van der Waals surface area contributed by atoms with Crippen molar-refractivity contribution < 1.29 is 9.59 Å². The lowest BCUT2D eigenvalue weighted by molar-refractivity contribution is -0.134. The fraction of sp³-hybridized carbons (Fsp3) is 0.600. The topological polar surface area (TPSA) is 66.6 Å². The number of hydrogen-bond donors (Lipinski definition) is 1. The number of carbonyl (C=O) groups excluding carboxylic acids is 2. The minimum atomic E-state index is -0.405.